The maximum absolute atomic E-state index is 14.0. The molecule has 0 spiro atoms. The number of benzene rings is 3. The predicted octanol–water partition coefficient (Wildman–Crippen LogP) is 4.80. The molecule has 0 fully saturated rings. The van der Waals surface area contributed by atoms with Gasteiger partial charge in [0.05, 0.1) is 18.1 Å². The molecule has 1 aliphatic rings. The van der Waals surface area contributed by atoms with E-state index in [0.29, 0.717) is 48.0 Å². The lowest BCUT2D eigenvalue weighted by Gasteiger charge is -2.18. The van der Waals surface area contributed by atoms with Crippen LogP contribution in [0.25, 0.3) is 11.0 Å². The third kappa shape index (κ3) is 4.06. The topological polar surface area (TPSA) is 77.8 Å². The number of hydrogen-bond donors (Lipinski definition) is 1. The third-order valence-electron chi connectivity index (χ3n) is 5.21. The van der Waals surface area contributed by atoms with E-state index >= 15 is 0 Å². The minimum atomic E-state index is -4.02. The normalized spacial score (nSPS) is 14.8. The molecular weight excluding hydrogens is 433 g/mol. The largest absolute Gasteiger partial charge is 0.490 e. The molecule has 2 heterocycles. The molecule has 8 heteroatoms. The molecule has 3 aromatic carbocycles. The van der Waals surface area contributed by atoms with E-state index in [1.807, 2.05) is 18.2 Å². The van der Waals surface area contributed by atoms with Gasteiger partial charge in [0.15, 0.2) is 11.5 Å². The molecule has 5 rings (SSSR count). The van der Waals surface area contributed by atoms with Gasteiger partial charge in [0.25, 0.3) is 0 Å². The summed E-state index contributed by atoms with van der Waals surface area (Å²) in [6.45, 7) is 0.944. The molecule has 0 amide bonds. The molecule has 32 heavy (non-hydrogen) atoms. The van der Waals surface area contributed by atoms with E-state index < -0.39 is 21.9 Å². The average Bonchev–Trinajstić information content (AvgIpc) is 3.07. The first kappa shape index (κ1) is 20.5. The van der Waals surface area contributed by atoms with Gasteiger partial charge < -0.3 is 13.9 Å². The molecule has 4 aromatic rings. The Morgan fingerprint density at radius 3 is 2.50 bits per heavy atom. The maximum Gasteiger partial charge on any atom is 0.241 e. The molecule has 0 aliphatic carbocycles. The van der Waals surface area contributed by atoms with Crippen LogP contribution in [0.4, 0.5) is 4.39 Å². The van der Waals surface area contributed by atoms with E-state index in [-0.39, 0.29) is 4.90 Å². The van der Waals surface area contributed by atoms with Crippen molar-refractivity contribution in [2.45, 2.75) is 17.4 Å². The Kier molecular flexibility index (Phi) is 5.32. The van der Waals surface area contributed by atoms with Gasteiger partial charge in [0.1, 0.15) is 23.2 Å². The van der Waals surface area contributed by atoms with Gasteiger partial charge in [0, 0.05) is 17.9 Å². The zero-order valence-electron chi connectivity index (χ0n) is 17.0. The van der Waals surface area contributed by atoms with Gasteiger partial charge in [-0.3, -0.25) is 0 Å². The number of halogens is 1. The van der Waals surface area contributed by atoms with Crippen LogP contribution in [0.5, 0.6) is 11.5 Å². The standard InChI is InChI=1S/C24H20FNO5S/c25-18-7-3-6-17(13-18)24(23-14-16-5-1-2-8-20(16)31-23)26-32(27,28)19-9-10-21-22(15-19)30-12-4-11-29-21/h1-3,5-10,13-15,24,26H,4,11-12H2. The van der Waals surface area contributed by atoms with Crippen molar-refractivity contribution in [2.75, 3.05) is 13.2 Å². The number of sulfonamides is 1. The van der Waals surface area contributed by atoms with Crippen molar-refractivity contribution in [1.29, 1.82) is 0 Å². The van der Waals surface area contributed by atoms with Crippen LogP contribution in [0.2, 0.25) is 0 Å². The Hall–Kier alpha value is -3.36. The maximum atomic E-state index is 14.0. The molecule has 0 saturated heterocycles. The van der Waals surface area contributed by atoms with Crippen LogP contribution < -0.4 is 14.2 Å². The van der Waals surface area contributed by atoms with Gasteiger partial charge in [-0.05, 0) is 42.0 Å². The number of hydrogen-bond acceptors (Lipinski definition) is 5. The molecule has 6 nitrogen and oxygen atoms in total. The first-order valence-corrected chi connectivity index (χ1v) is 11.6. The molecule has 1 unspecified atom stereocenters. The number of nitrogens with one attached hydrogen (secondary N) is 1. The van der Waals surface area contributed by atoms with E-state index in [4.69, 9.17) is 13.9 Å². The molecule has 164 valence electrons. The van der Waals surface area contributed by atoms with Crippen molar-refractivity contribution in [1.82, 2.24) is 4.72 Å². The second-order valence-electron chi connectivity index (χ2n) is 7.45. The fourth-order valence-electron chi connectivity index (χ4n) is 3.66. The van der Waals surface area contributed by atoms with Crippen LogP contribution in [-0.2, 0) is 10.0 Å². The Bertz CT molecular complexity index is 1350. The van der Waals surface area contributed by atoms with Crippen LogP contribution in [0.1, 0.15) is 23.8 Å². The number of furan rings is 1. The third-order valence-corrected chi connectivity index (χ3v) is 6.63. The molecule has 0 saturated carbocycles. The number of fused-ring (bicyclic) bond motifs is 2. The highest BCUT2D eigenvalue weighted by Crippen LogP contribution is 2.34. The second-order valence-corrected chi connectivity index (χ2v) is 9.17. The zero-order valence-corrected chi connectivity index (χ0v) is 17.8. The number of ether oxygens (including phenoxy) is 2. The van der Waals surface area contributed by atoms with Crippen LogP contribution >= 0.6 is 0 Å². The minimum Gasteiger partial charge on any atom is -0.490 e. The number of rotatable bonds is 5. The van der Waals surface area contributed by atoms with E-state index in [9.17, 15) is 12.8 Å². The predicted molar refractivity (Wildman–Crippen MR) is 117 cm³/mol. The summed E-state index contributed by atoms with van der Waals surface area (Å²) in [5.41, 5.74) is 1.03. The van der Waals surface area contributed by atoms with Gasteiger partial charge in [0.2, 0.25) is 10.0 Å². The van der Waals surface area contributed by atoms with Gasteiger partial charge >= 0.3 is 0 Å². The van der Waals surface area contributed by atoms with E-state index in [1.54, 1.807) is 24.3 Å². The molecule has 0 radical (unpaired) electrons. The van der Waals surface area contributed by atoms with Gasteiger partial charge in [-0.25, -0.2) is 12.8 Å². The SMILES string of the molecule is O=S(=O)(NC(c1cccc(F)c1)c1cc2ccccc2o1)c1ccc2c(c1)OCCCO2. The first-order chi connectivity index (χ1) is 15.5. The summed E-state index contributed by atoms with van der Waals surface area (Å²) in [6, 6.07) is 18.4. The summed E-state index contributed by atoms with van der Waals surface area (Å²) < 4.78 is 60.4. The summed E-state index contributed by atoms with van der Waals surface area (Å²) >= 11 is 0. The quantitative estimate of drug-likeness (QED) is 0.470. The summed E-state index contributed by atoms with van der Waals surface area (Å²) in [4.78, 5) is 0.0132. The van der Waals surface area contributed by atoms with E-state index in [1.165, 1.54) is 30.3 Å². The average molecular weight is 453 g/mol. The Morgan fingerprint density at radius 2 is 1.69 bits per heavy atom. The molecule has 1 aliphatic heterocycles. The van der Waals surface area contributed by atoms with Crippen molar-refractivity contribution in [3.8, 4) is 11.5 Å². The summed E-state index contributed by atoms with van der Waals surface area (Å²) in [5, 5.41) is 0.818. The molecule has 1 N–H and O–H groups in total. The summed E-state index contributed by atoms with van der Waals surface area (Å²) in [6.07, 6.45) is 0.711. The van der Waals surface area contributed by atoms with Crippen LogP contribution in [-0.4, -0.2) is 21.6 Å². The van der Waals surface area contributed by atoms with Crippen LogP contribution in [0, 0.1) is 5.82 Å². The van der Waals surface area contributed by atoms with Gasteiger partial charge in [-0.1, -0.05) is 30.3 Å². The Labute approximate surface area is 184 Å². The highest BCUT2D eigenvalue weighted by Gasteiger charge is 2.27. The fraction of sp³-hybridized carbons (Fsp3) is 0.167. The Balaban J connectivity index is 1.55. The molecule has 1 aromatic heterocycles. The lowest BCUT2D eigenvalue weighted by Crippen LogP contribution is -2.29. The fourth-order valence-corrected chi connectivity index (χ4v) is 4.86. The van der Waals surface area contributed by atoms with E-state index in [0.717, 1.165) is 5.39 Å². The lowest BCUT2D eigenvalue weighted by atomic mass is 10.1. The highest BCUT2D eigenvalue weighted by molar-refractivity contribution is 7.89. The molecular formula is C24H20FNO5S. The van der Waals surface area contributed by atoms with Gasteiger partial charge in [-0.15, -0.1) is 0 Å². The van der Waals surface area contributed by atoms with Crippen LogP contribution in [0.3, 0.4) is 0 Å². The van der Waals surface area contributed by atoms with Crippen molar-refractivity contribution in [3.63, 3.8) is 0 Å². The zero-order chi connectivity index (χ0) is 22.1. The summed E-state index contributed by atoms with van der Waals surface area (Å²) in [5.74, 6) is 0.755. The smallest absolute Gasteiger partial charge is 0.241 e. The minimum absolute atomic E-state index is 0.0132. The molecule has 1 atom stereocenters. The molecule has 0 bridgehead atoms. The van der Waals surface area contributed by atoms with Crippen LogP contribution in [0.15, 0.2) is 82.1 Å². The summed E-state index contributed by atoms with van der Waals surface area (Å²) in [7, 11) is -4.02. The highest BCUT2D eigenvalue weighted by atomic mass is 32.2. The van der Waals surface area contributed by atoms with E-state index in [2.05, 4.69) is 4.72 Å². The van der Waals surface area contributed by atoms with Gasteiger partial charge in [-0.2, -0.15) is 4.72 Å². The first-order valence-electron chi connectivity index (χ1n) is 10.2. The Morgan fingerprint density at radius 1 is 0.875 bits per heavy atom. The lowest BCUT2D eigenvalue weighted by molar-refractivity contribution is 0.297. The van der Waals surface area contributed by atoms with Crippen molar-refractivity contribution in [2.24, 2.45) is 0 Å². The second kappa shape index (κ2) is 8.29. The van der Waals surface area contributed by atoms with Crippen molar-refractivity contribution in [3.05, 3.63) is 89.9 Å². The number of para-hydroxylation sites is 1. The monoisotopic (exact) mass is 453 g/mol. The van der Waals surface area contributed by atoms with Crippen molar-refractivity contribution >= 4 is 21.0 Å². The van der Waals surface area contributed by atoms with Crippen molar-refractivity contribution < 1.29 is 26.7 Å².